The van der Waals surface area contributed by atoms with Crippen LogP contribution in [0.5, 0.6) is 0 Å². The second kappa shape index (κ2) is 4.19. The van der Waals surface area contributed by atoms with Crippen LogP contribution in [-0.4, -0.2) is 26.7 Å². The Morgan fingerprint density at radius 1 is 1.64 bits per heavy atom. The van der Waals surface area contributed by atoms with Crippen LogP contribution in [-0.2, 0) is 18.4 Å². The summed E-state index contributed by atoms with van der Waals surface area (Å²) in [6.07, 6.45) is 0. The number of nitrogens with one attached hydrogen (secondary N) is 1. The molecule has 0 radical (unpaired) electrons. The SMILES string of the molecule is Cc1nnc(CNC(C)C(N)=O)n1C. The Morgan fingerprint density at radius 3 is 2.71 bits per heavy atom. The Kier molecular flexibility index (Phi) is 3.19. The first-order valence-corrected chi connectivity index (χ1v) is 4.40. The van der Waals surface area contributed by atoms with Crippen LogP contribution in [0.4, 0.5) is 0 Å². The van der Waals surface area contributed by atoms with Crippen LogP contribution >= 0.6 is 0 Å². The minimum Gasteiger partial charge on any atom is -0.368 e. The van der Waals surface area contributed by atoms with Gasteiger partial charge in [0.15, 0.2) is 0 Å². The molecule has 1 heterocycles. The normalized spacial score (nSPS) is 12.8. The van der Waals surface area contributed by atoms with E-state index in [4.69, 9.17) is 5.73 Å². The van der Waals surface area contributed by atoms with Crippen LogP contribution in [0.2, 0.25) is 0 Å². The van der Waals surface area contributed by atoms with Crippen LogP contribution in [0, 0.1) is 6.92 Å². The first-order valence-electron chi connectivity index (χ1n) is 4.40. The van der Waals surface area contributed by atoms with Gasteiger partial charge in [-0.25, -0.2) is 0 Å². The molecule has 6 heteroatoms. The lowest BCUT2D eigenvalue weighted by atomic mass is 10.3. The van der Waals surface area contributed by atoms with Crippen molar-refractivity contribution in [2.75, 3.05) is 0 Å². The standard InChI is InChI=1S/C8H15N5O/c1-5(8(9)14)10-4-7-12-11-6(2)13(7)3/h5,10H,4H2,1-3H3,(H2,9,14). The summed E-state index contributed by atoms with van der Waals surface area (Å²) in [6, 6.07) is -0.355. The average Bonchev–Trinajstić information content (AvgIpc) is 2.44. The molecule has 1 amide bonds. The second-order valence-electron chi connectivity index (χ2n) is 3.23. The summed E-state index contributed by atoms with van der Waals surface area (Å²) < 4.78 is 1.86. The summed E-state index contributed by atoms with van der Waals surface area (Å²) in [5.74, 6) is 1.26. The van der Waals surface area contributed by atoms with Gasteiger partial charge in [-0.3, -0.25) is 10.1 Å². The Morgan fingerprint density at radius 2 is 2.29 bits per heavy atom. The molecule has 14 heavy (non-hydrogen) atoms. The number of nitrogens with zero attached hydrogens (tertiary/aromatic N) is 3. The molecular weight excluding hydrogens is 182 g/mol. The number of carbonyl (C=O) groups excluding carboxylic acids is 1. The zero-order valence-corrected chi connectivity index (χ0v) is 8.61. The molecule has 0 spiro atoms. The molecule has 1 rings (SSSR count). The van der Waals surface area contributed by atoms with E-state index in [2.05, 4.69) is 15.5 Å². The molecule has 6 nitrogen and oxygen atoms in total. The minimum atomic E-state index is -0.371. The molecule has 0 fully saturated rings. The fourth-order valence-corrected chi connectivity index (χ4v) is 0.950. The van der Waals surface area contributed by atoms with Crippen LogP contribution < -0.4 is 11.1 Å². The summed E-state index contributed by atoms with van der Waals surface area (Å²) in [5.41, 5.74) is 5.10. The topological polar surface area (TPSA) is 85.8 Å². The van der Waals surface area contributed by atoms with Crippen LogP contribution in [0.15, 0.2) is 0 Å². The highest BCUT2D eigenvalue weighted by molar-refractivity contribution is 5.79. The van der Waals surface area contributed by atoms with Crippen molar-refractivity contribution in [2.45, 2.75) is 26.4 Å². The van der Waals surface area contributed by atoms with Gasteiger partial charge >= 0.3 is 0 Å². The molecule has 1 unspecified atom stereocenters. The molecule has 0 aliphatic carbocycles. The Hall–Kier alpha value is -1.43. The highest BCUT2D eigenvalue weighted by Crippen LogP contribution is 1.97. The molecule has 0 saturated carbocycles. The molecular formula is C8H15N5O. The van der Waals surface area contributed by atoms with Crippen molar-refractivity contribution in [3.05, 3.63) is 11.6 Å². The van der Waals surface area contributed by atoms with E-state index in [0.29, 0.717) is 6.54 Å². The maximum absolute atomic E-state index is 10.7. The van der Waals surface area contributed by atoms with E-state index in [1.54, 1.807) is 6.92 Å². The zero-order chi connectivity index (χ0) is 10.7. The minimum absolute atomic E-state index is 0.355. The Labute approximate surface area is 82.5 Å². The third-order valence-electron chi connectivity index (χ3n) is 2.18. The second-order valence-corrected chi connectivity index (χ2v) is 3.23. The number of aryl methyl sites for hydroxylation is 1. The van der Waals surface area contributed by atoms with Crippen molar-refractivity contribution >= 4 is 5.91 Å². The van der Waals surface area contributed by atoms with E-state index in [0.717, 1.165) is 11.6 Å². The molecule has 0 saturated heterocycles. The quantitative estimate of drug-likeness (QED) is 0.654. The third-order valence-corrected chi connectivity index (χ3v) is 2.18. The molecule has 1 aromatic rings. The number of carbonyl (C=O) groups is 1. The highest BCUT2D eigenvalue weighted by Gasteiger charge is 2.10. The summed E-state index contributed by atoms with van der Waals surface area (Å²) in [4.78, 5) is 10.7. The highest BCUT2D eigenvalue weighted by atomic mass is 16.1. The van der Waals surface area contributed by atoms with Crippen molar-refractivity contribution in [2.24, 2.45) is 12.8 Å². The molecule has 1 atom stereocenters. The summed E-state index contributed by atoms with van der Waals surface area (Å²) in [5, 5.41) is 10.8. The molecule has 0 aliphatic heterocycles. The van der Waals surface area contributed by atoms with Crippen LogP contribution in [0.25, 0.3) is 0 Å². The number of rotatable bonds is 4. The third kappa shape index (κ3) is 2.29. The van der Waals surface area contributed by atoms with Gasteiger partial charge in [0.1, 0.15) is 11.6 Å². The molecule has 1 aromatic heterocycles. The van der Waals surface area contributed by atoms with E-state index >= 15 is 0 Å². The van der Waals surface area contributed by atoms with Crippen LogP contribution in [0.1, 0.15) is 18.6 Å². The van der Waals surface area contributed by atoms with Gasteiger partial charge in [-0.2, -0.15) is 0 Å². The Balaban J connectivity index is 2.54. The average molecular weight is 197 g/mol. The van der Waals surface area contributed by atoms with Crippen LogP contribution in [0.3, 0.4) is 0 Å². The van der Waals surface area contributed by atoms with Gasteiger partial charge in [0.05, 0.1) is 12.6 Å². The maximum atomic E-state index is 10.7. The largest absolute Gasteiger partial charge is 0.368 e. The van der Waals surface area contributed by atoms with E-state index in [-0.39, 0.29) is 11.9 Å². The van der Waals surface area contributed by atoms with Crippen molar-refractivity contribution in [3.8, 4) is 0 Å². The first-order chi connectivity index (χ1) is 6.52. The van der Waals surface area contributed by atoms with Crippen molar-refractivity contribution in [1.82, 2.24) is 20.1 Å². The number of hydrogen-bond acceptors (Lipinski definition) is 4. The number of hydrogen-bond donors (Lipinski definition) is 2. The number of amides is 1. The van der Waals surface area contributed by atoms with Crippen molar-refractivity contribution in [1.29, 1.82) is 0 Å². The van der Waals surface area contributed by atoms with Gasteiger partial charge in [-0.1, -0.05) is 0 Å². The molecule has 78 valence electrons. The van der Waals surface area contributed by atoms with Gasteiger partial charge in [0, 0.05) is 7.05 Å². The molecule has 3 N–H and O–H groups in total. The molecule has 0 bridgehead atoms. The molecule has 0 aromatic carbocycles. The van der Waals surface area contributed by atoms with Crippen molar-refractivity contribution < 1.29 is 4.79 Å². The lowest BCUT2D eigenvalue weighted by molar-refractivity contribution is -0.119. The monoisotopic (exact) mass is 197 g/mol. The van der Waals surface area contributed by atoms with Gasteiger partial charge in [-0.05, 0) is 13.8 Å². The predicted molar refractivity (Wildman–Crippen MR) is 51.2 cm³/mol. The number of aromatic nitrogens is 3. The summed E-state index contributed by atoms with van der Waals surface area (Å²) in [7, 11) is 1.88. The fourth-order valence-electron chi connectivity index (χ4n) is 0.950. The maximum Gasteiger partial charge on any atom is 0.234 e. The van der Waals surface area contributed by atoms with Gasteiger partial charge in [0.25, 0.3) is 0 Å². The van der Waals surface area contributed by atoms with Crippen molar-refractivity contribution in [3.63, 3.8) is 0 Å². The number of nitrogens with two attached hydrogens (primary N) is 1. The first kappa shape index (κ1) is 10.6. The smallest absolute Gasteiger partial charge is 0.234 e. The molecule has 0 aliphatic rings. The van der Waals surface area contributed by atoms with Gasteiger partial charge < -0.3 is 10.3 Å². The van der Waals surface area contributed by atoms with E-state index in [9.17, 15) is 4.79 Å². The Bertz CT molecular complexity index is 332. The lowest BCUT2D eigenvalue weighted by Crippen LogP contribution is -2.38. The van der Waals surface area contributed by atoms with Gasteiger partial charge in [0.2, 0.25) is 5.91 Å². The van der Waals surface area contributed by atoms with Gasteiger partial charge in [-0.15, -0.1) is 10.2 Å². The predicted octanol–water partition coefficient (Wildman–Crippen LogP) is -0.913. The summed E-state index contributed by atoms with van der Waals surface area (Å²) in [6.45, 7) is 4.07. The summed E-state index contributed by atoms with van der Waals surface area (Å²) >= 11 is 0. The number of primary amides is 1. The van der Waals surface area contributed by atoms with E-state index < -0.39 is 0 Å². The fraction of sp³-hybridized carbons (Fsp3) is 0.625. The lowest BCUT2D eigenvalue weighted by Gasteiger charge is -2.08. The van der Waals surface area contributed by atoms with E-state index in [1.165, 1.54) is 0 Å². The van der Waals surface area contributed by atoms with E-state index in [1.807, 2.05) is 18.5 Å². The zero-order valence-electron chi connectivity index (χ0n) is 8.61.